The maximum atomic E-state index is 13.1. The largest absolute Gasteiger partial charge is 0.319 e. The molecule has 3 aromatic rings. The van der Waals surface area contributed by atoms with E-state index in [1.807, 2.05) is 0 Å². The van der Waals surface area contributed by atoms with Crippen molar-refractivity contribution >= 4 is 23.4 Å². The Morgan fingerprint density at radius 1 is 1.27 bits per heavy atom. The number of halogens is 1. The summed E-state index contributed by atoms with van der Waals surface area (Å²) in [5.41, 5.74) is 0.108. The second-order valence-electron chi connectivity index (χ2n) is 5.11. The number of nitrogens with one attached hydrogen (secondary N) is 1. The number of hydrogen-bond acceptors (Lipinski definition) is 5. The topological polar surface area (TPSA) is 103 Å². The van der Waals surface area contributed by atoms with Gasteiger partial charge in [0.2, 0.25) is 5.91 Å². The van der Waals surface area contributed by atoms with E-state index < -0.39 is 22.3 Å². The molecule has 9 heteroatoms. The number of pyridine rings is 1. The van der Waals surface area contributed by atoms with Crippen molar-refractivity contribution in [3.8, 4) is 5.82 Å². The lowest BCUT2D eigenvalue weighted by atomic mass is 10.1. The summed E-state index contributed by atoms with van der Waals surface area (Å²) in [5, 5.41) is 17.7. The van der Waals surface area contributed by atoms with Gasteiger partial charge in [-0.05, 0) is 36.4 Å². The SMILES string of the molecule is O=C(C=Cc1ccc(F)cc1[N+](=O)[O-])Nc1cccnc1-n1cccn1. The molecule has 0 atom stereocenters. The summed E-state index contributed by atoms with van der Waals surface area (Å²) in [4.78, 5) is 26.6. The number of nitro groups is 1. The van der Waals surface area contributed by atoms with E-state index in [2.05, 4.69) is 15.4 Å². The number of benzene rings is 1. The molecule has 8 nitrogen and oxygen atoms in total. The van der Waals surface area contributed by atoms with Crippen LogP contribution in [0.1, 0.15) is 5.56 Å². The number of carbonyl (C=O) groups is 1. The Morgan fingerprint density at radius 2 is 2.12 bits per heavy atom. The van der Waals surface area contributed by atoms with Crippen molar-refractivity contribution in [2.45, 2.75) is 0 Å². The van der Waals surface area contributed by atoms with Gasteiger partial charge in [0.25, 0.3) is 5.69 Å². The molecule has 1 N–H and O–H groups in total. The van der Waals surface area contributed by atoms with E-state index in [-0.39, 0.29) is 5.56 Å². The fourth-order valence-electron chi connectivity index (χ4n) is 2.23. The van der Waals surface area contributed by atoms with Gasteiger partial charge in [0, 0.05) is 24.7 Å². The van der Waals surface area contributed by atoms with Crippen LogP contribution in [0.2, 0.25) is 0 Å². The highest BCUT2D eigenvalue weighted by molar-refractivity contribution is 6.03. The first-order valence-corrected chi connectivity index (χ1v) is 7.42. The third-order valence-corrected chi connectivity index (χ3v) is 3.37. The molecule has 2 aromatic heterocycles. The fraction of sp³-hybridized carbons (Fsp3) is 0. The molecule has 0 fully saturated rings. The highest BCUT2D eigenvalue weighted by Crippen LogP contribution is 2.21. The van der Waals surface area contributed by atoms with Crippen molar-refractivity contribution in [2.75, 3.05) is 5.32 Å². The lowest BCUT2D eigenvalue weighted by molar-refractivity contribution is -0.385. The lowest BCUT2D eigenvalue weighted by Crippen LogP contribution is -2.12. The van der Waals surface area contributed by atoms with Gasteiger partial charge in [0.1, 0.15) is 5.82 Å². The minimum Gasteiger partial charge on any atom is -0.319 e. The predicted octanol–water partition coefficient (Wildman–Crippen LogP) is 2.97. The van der Waals surface area contributed by atoms with Gasteiger partial charge in [0.15, 0.2) is 5.82 Å². The summed E-state index contributed by atoms with van der Waals surface area (Å²) in [6, 6.07) is 8.13. The number of carbonyl (C=O) groups excluding carboxylic acids is 1. The van der Waals surface area contributed by atoms with E-state index in [4.69, 9.17) is 0 Å². The van der Waals surface area contributed by atoms with Gasteiger partial charge >= 0.3 is 0 Å². The molecular weight excluding hydrogens is 341 g/mol. The monoisotopic (exact) mass is 353 g/mol. The summed E-state index contributed by atoms with van der Waals surface area (Å²) >= 11 is 0. The zero-order chi connectivity index (χ0) is 18.5. The number of hydrogen-bond donors (Lipinski definition) is 1. The molecule has 1 amide bonds. The number of anilines is 1. The Bertz CT molecular complexity index is 986. The van der Waals surface area contributed by atoms with Crippen molar-refractivity contribution < 1.29 is 14.1 Å². The molecule has 0 aliphatic carbocycles. The standard InChI is InChI=1S/C17H12FN5O3/c18-13-6-4-12(15(11-13)23(25)26)5-7-16(24)21-14-3-1-8-19-17(14)22-10-2-9-20-22/h1-11H,(H,21,24). The Kier molecular flexibility index (Phi) is 4.79. The Morgan fingerprint density at radius 3 is 2.85 bits per heavy atom. The van der Waals surface area contributed by atoms with E-state index >= 15 is 0 Å². The smallest absolute Gasteiger partial charge is 0.279 e. The van der Waals surface area contributed by atoms with Crippen LogP contribution in [0.4, 0.5) is 15.8 Å². The molecule has 0 saturated carbocycles. The van der Waals surface area contributed by atoms with Crippen LogP contribution < -0.4 is 5.32 Å². The average molecular weight is 353 g/mol. The van der Waals surface area contributed by atoms with Crippen LogP contribution in [0, 0.1) is 15.9 Å². The Labute approximate surface area is 146 Å². The summed E-state index contributed by atoms with van der Waals surface area (Å²) in [6.45, 7) is 0. The third kappa shape index (κ3) is 3.78. The van der Waals surface area contributed by atoms with Crippen LogP contribution in [0.3, 0.4) is 0 Å². The second kappa shape index (κ2) is 7.34. The van der Waals surface area contributed by atoms with Crippen molar-refractivity contribution in [1.29, 1.82) is 0 Å². The second-order valence-corrected chi connectivity index (χ2v) is 5.11. The molecule has 0 saturated heterocycles. The maximum Gasteiger partial charge on any atom is 0.279 e. The van der Waals surface area contributed by atoms with Crippen LogP contribution in [-0.2, 0) is 4.79 Å². The van der Waals surface area contributed by atoms with Gasteiger partial charge in [0.05, 0.1) is 22.2 Å². The summed E-state index contributed by atoms with van der Waals surface area (Å²) < 4.78 is 14.6. The van der Waals surface area contributed by atoms with Gasteiger partial charge in [-0.2, -0.15) is 5.10 Å². The highest BCUT2D eigenvalue weighted by Gasteiger charge is 2.13. The summed E-state index contributed by atoms with van der Waals surface area (Å²) in [6.07, 6.45) is 7.19. The normalized spacial score (nSPS) is 10.8. The quantitative estimate of drug-likeness (QED) is 0.431. The molecule has 1 aromatic carbocycles. The molecule has 0 bridgehead atoms. The van der Waals surface area contributed by atoms with Crippen LogP contribution in [-0.4, -0.2) is 25.6 Å². The average Bonchev–Trinajstić information content (AvgIpc) is 3.15. The number of amides is 1. The summed E-state index contributed by atoms with van der Waals surface area (Å²) in [7, 11) is 0. The molecule has 0 spiro atoms. The minimum atomic E-state index is -0.725. The van der Waals surface area contributed by atoms with Gasteiger partial charge in [-0.25, -0.2) is 14.1 Å². The number of rotatable bonds is 5. The first-order valence-electron chi connectivity index (χ1n) is 7.42. The molecule has 130 valence electrons. The van der Waals surface area contributed by atoms with Crippen LogP contribution in [0.15, 0.2) is 61.1 Å². The van der Waals surface area contributed by atoms with Crippen molar-refractivity contribution in [3.63, 3.8) is 0 Å². The van der Waals surface area contributed by atoms with Gasteiger partial charge in [-0.3, -0.25) is 14.9 Å². The third-order valence-electron chi connectivity index (χ3n) is 3.37. The first kappa shape index (κ1) is 17.0. The molecule has 2 heterocycles. The summed E-state index contributed by atoms with van der Waals surface area (Å²) in [5.74, 6) is -0.824. The van der Waals surface area contributed by atoms with E-state index in [0.29, 0.717) is 11.5 Å². The van der Waals surface area contributed by atoms with Crippen molar-refractivity contribution in [1.82, 2.24) is 14.8 Å². The van der Waals surface area contributed by atoms with E-state index in [0.717, 1.165) is 18.2 Å². The molecule has 0 radical (unpaired) electrons. The van der Waals surface area contributed by atoms with Gasteiger partial charge in [-0.15, -0.1) is 0 Å². The van der Waals surface area contributed by atoms with Crippen molar-refractivity contribution in [2.24, 2.45) is 0 Å². The molecule has 0 unspecified atom stereocenters. The molecule has 0 aliphatic heterocycles. The minimum absolute atomic E-state index is 0.116. The zero-order valence-corrected chi connectivity index (χ0v) is 13.2. The van der Waals surface area contributed by atoms with Crippen LogP contribution >= 0.6 is 0 Å². The number of nitro benzene ring substituents is 1. The van der Waals surface area contributed by atoms with Crippen LogP contribution in [0.25, 0.3) is 11.9 Å². The van der Waals surface area contributed by atoms with E-state index in [1.165, 1.54) is 16.8 Å². The molecule has 26 heavy (non-hydrogen) atoms. The van der Waals surface area contributed by atoms with Crippen LogP contribution in [0.5, 0.6) is 0 Å². The first-order chi connectivity index (χ1) is 12.5. The lowest BCUT2D eigenvalue weighted by Gasteiger charge is -2.08. The zero-order valence-electron chi connectivity index (χ0n) is 13.2. The highest BCUT2D eigenvalue weighted by atomic mass is 19.1. The predicted molar refractivity (Wildman–Crippen MR) is 92.1 cm³/mol. The van der Waals surface area contributed by atoms with E-state index in [1.54, 1.807) is 36.8 Å². The Balaban J connectivity index is 1.81. The molecular formula is C17H12FN5O3. The maximum absolute atomic E-state index is 13.1. The van der Waals surface area contributed by atoms with Gasteiger partial charge in [-0.1, -0.05) is 0 Å². The molecule has 0 aliphatic rings. The van der Waals surface area contributed by atoms with E-state index in [9.17, 15) is 19.3 Å². The van der Waals surface area contributed by atoms with Gasteiger partial charge < -0.3 is 5.32 Å². The molecule has 3 rings (SSSR count). The Hall–Kier alpha value is -3.88. The number of aromatic nitrogens is 3. The number of nitrogens with zero attached hydrogens (tertiary/aromatic N) is 4. The van der Waals surface area contributed by atoms with Crippen molar-refractivity contribution in [3.05, 3.63) is 82.6 Å². The fourth-order valence-corrected chi connectivity index (χ4v) is 2.23.